The summed E-state index contributed by atoms with van der Waals surface area (Å²) in [6, 6.07) is 0. The second-order valence-electron chi connectivity index (χ2n) is 1.91. The smallest absolute Gasteiger partial charge is 0.253 e. The van der Waals surface area contributed by atoms with Gasteiger partial charge in [-0.1, -0.05) is 6.58 Å². The molecule has 10 heavy (non-hydrogen) atoms. The molecule has 0 spiro atoms. The molecule has 0 saturated carbocycles. The molecule has 0 radical (unpaired) electrons. The number of carbonyl (C=O) groups excluding carboxylic acids is 1. The molecular weight excluding hydrogens is 134 g/mol. The monoisotopic (exact) mass is 145 g/mol. The Bertz CT molecular complexity index is 144. The highest BCUT2D eigenvalue weighted by Crippen LogP contribution is 1.93. The summed E-state index contributed by atoms with van der Waals surface area (Å²) < 4.78 is 0. The molecule has 2 N–H and O–H groups in total. The molecule has 0 aliphatic heterocycles. The first-order chi connectivity index (χ1) is 4.63. The van der Waals surface area contributed by atoms with Crippen LogP contribution in [0, 0.1) is 0 Å². The standard InChI is InChI=1S/C6H11NO3/c1-5(3-8)6(10)7(2)4-9/h8-9H,1,3-4H2,2H3. The average Bonchev–Trinajstić information content (AvgIpc) is 2.00. The molecule has 58 valence electrons. The Kier molecular flexibility index (Phi) is 3.68. The number of rotatable bonds is 3. The molecule has 0 heterocycles. The third-order valence-electron chi connectivity index (χ3n) is 1.05. The van der Waals surface area contributed by atoms with Crippen molar-refractivity contribution in [1.29, 1.82) is 0 Å². The first-order valence-electron chi connectivity index (χ1n) is 2.78. The Balaban J connectivity index is 3.95. The molecule has 1 amide bonds. The predicted molar refractivity (Wildman–Crippen MR) is 36.1 cm³/mol. The van der Waals surface area contributed by atoms with E-state index in [1.807, 2.05) is 0 Å². The van der Waals surface area contributed by atoms with Gasteiger partial charge >= 0.3 is 0 Å². The lowest BCUT2D eigenvalue weighted by molar-refractivity contribution is -0.129. The van der Waals surface area contributed by atoms with Crippen LogP contribution >= 0.6 is 0 Å². The van der Waals surface area contributed by atoms with Crippen molar-refractivity contribution in [2.45, 2.75) is 0 Å². The van der Waals surface area contributed by atoms with E-state index in [1.54, 1.807) is 0 Å². The van der Waals surface area contributed by atoms with Gasteiger partial charge in [-0.3, -0.25) is 4.79 Å². The van der Waals surface area contributed by atoms with Crippen LogP contribution in [0.15, 0.2) is 12.2 Å². The summed E-state index contributed by atoms with van der Waals surface area (Å²) >= 11 is 0. The van der Waals surface area contributed by atoms with Crippen molar-refractivity contribution >= 4 is 5.91 Å². The van der Waals surface area contributed by atoms with Crippen LogP contribution in [0.2, 0.25) is 0 Å². The van der Waals surface area contributed by atoms with Crippen LogP contribution < -0.4 is 0 Å². The van der Waals surface area contributed by atoms with Gasteiger partial charge in [0, 0.05) is 12.6 Å². The van der Waals surface area contributed by atoms with Gasteiger partial charge in [-0.25, -0.2) is 0 Å². The van der Waals surface area contributed by atoms with Crippen molar-refractivity contribution in [2.24, 2.45) is 0 Å². The van der Waals surface area contributed by atoms with E-state index in [1.165, 1.54) is 7.05 Å². The van der Waals surface area contributed by atoms with Crippen LogP contribution in [-0.4, -0.2) is 41.4 Å². The lowest BCUT2D eigenvalue weighted by Gasteiger charge is -2.13. The Morgan fingerprint density at radius 1 is 1.60 bits per heavy atom. The quantitative estimate of drug-likeness (QED) is 0.393. The summed E-state index contributed by atoms with van der Waals surface area (Å²) in [5.41, 5.74) is 0.0801. The van der Waals surface area contributed by atoms with Crippen LogP contribution in [0.3, 0.4) is 0 Å². The van der Waals surface area contributed by atoms with E-state index < -0.39 is 5.91 Å². The van der Waals surface area contributed by atoms with Gasteiger partial charge in [0.1, 0.15) is 6.73 Å². The molecule has 0 atom stereocenters. The Hall–Kier alpha value is -0.870. The molecule has 0 aromatic carbocycles. The van der Waals surface area contributed by atoms with Gasteiger partial charge in [0.15, 0.2) is 0 Å². The second kappa shape index (κ2) is 4.03. The van der Waals surface area contributed by atoms with E-state index in [2.05, 4.69) is 6.58 Å². The van der Waals surface area contributed by atoms with Crippen molar-refractivity contribution in [2.75, 3.05) is 20.4 Å². The largest absolute Gasteiger partial charge is 0.391 e. The lowest BCUT2D eigenvalue weighted by atomic mass is 10.3. The molecule has 0 saturated heterocycles. The van der Waals surface area contributed by atoms with Crippen LogP contribution in [0.4, 0.5) is 0 Å². The minimum atomic E-state index is -0.440. The highest BCUT2D eigenvalue weighted by Gasteiger charge is 2.09. The normalized spacial score (nSPS) is 9.10. The molecule has 4 heteroatoms. The maximum atomic E-state index is 10.8. The van der Waals surface area contributed by atoms with Crippen molar-refractivity contribution in [3.8, 4) is 0 Å². The summed E-state index contributed by atoms with van der Waals surface area (Å²) in [5, 5.41) is 16.9. The van der Waals surface area contributed by atoms with Gasteiger partial charge in [-0.05, 0) is 0 Å². The number of aliphatic hydroxyl groups excluding tert-OH is 2. The topological polar surface area (TPSA) is 60.8 Å². The summed E-state index contributed by atoms with van der Waals surface area (Å²) in [4.78, 5) is 11.9. The fourth-order valence-corrected chi connectivity index (χ4v) is 0.402. The molecule has 0 fully saturated rings. The fourth-order valence-electron chi connectivity index (χ4n) is 0.402. The number of hydrogen-bond donors (Lipinski definition) is 2. The van der Waals surface area contributed by atoms with Gasteiger partial charge in [-0.15, -0.1) is 0 Å². The van der Waals surface area contributed by atoms with E-state index in [4.69, 9.17) is 10.2 Å². The zero-order valence-electron chi connectivity index (χ0n) is 5.87. The predicted octanol–water partition coefficient (Wildman–Crippen LogP) is -1.06. The molecule has 0 bridgehead atoms. The van der Waals surface area contributed by atoms with E-state index in [0.717, 1.165) is 4.90 Å². The van der Waals surface area contributed by atoms with Gasteiger partial charge < -0.3 is 15.1 Å². The van der Waals surface area contributed by atoms with Crippen LogP contribution in [0.1, 0.15) is 0 Å². The molecule has 4 nitrogen and oxygen atoms in total. The number of nitrogens with zero attached hydrogens (tertiary/aromatic N) is 1. The van der Waals surface area contributed by atoms with Crippen molar-refractivity contribution < 1.29 is 15.0 Å². The highest BCUT2D eigenvalue weighted by atomic mass is 16.3. The minimum absolute atomic E-state index is 0.0801. The summed E-state index contributed by atoms with van der Waals surface area (Å²) in [7, 11) is 1.42. The summed E-state index contributed by atoms with van der Waals surface area (Å²) in [6.45, 7) is 2.55. The van der Waals surface area contributed by atoms with Crippen LogP contribution in [0.25, 0.3) is 0 Å². The minimum Gasteiger partial charge on any atom is -0.391 e. The van der Waals surface area contributed by atoms with E-state index >= 15 is 0 Å². The van der Waals surface area contributed by atoms with Gasteiger partial charge in [0.25, 0.3) is 5.91 Å². The summed E-state index contributed by atoms with van der Waals surface area (Å²) in [5.74, 6) is -0.440. The van der Waals surface area contributed by atoms with E-state index in [-0.39, 0.29) is 18.9 Å². The van der Waals surface area contributed by atoms with E-state index in [0.29, 0.717) is 0 Å². The van der Waals surface area contributed by atoms with Crippen LogP contribution in [-0.2, 0) is 4.79 Å². The number of carbonyl (C=O) groups is 1. The molecule has 0 aromatic heterocycles. The van der Waals surface area contributed by atoms with Crippen LogP contribution in [0.5, 0.6) is 0 Å². The fraction of sp³-hybridized carbons (Fsp3) is 0.500. The Morgan fingerprint density at radius 3 is 2.40 bits per heavy atom. The van der Waals surface area contributed by atoms with Crippen molar-refractivity contribution in [3.05, 3.63) is 12.2 Å². The zero-order chi connectivity index (χ0) is 8.15. The van der Waals surface area contributed by atoms with Gasteiger partial charge in [0.05, 0.1) is 6.61 Å². The maximum Gasteiger partial charge on any atom is 0.253 e. The maximum absolute atomic E-state index is 10.8. The highest BCUT2D eigenvalue weighted by molar-refractivity contribution is 5.92. The first-order valence-corrected chi connectivity index (χ1v) is 2.78. The van der Waals surface area contributed by atoms with Crippen molar-refractivity contribution in [3.63, 3.8) is 0 Å². The molecule has 0 rings (SSSR count). The van der Waals surface area contributed by atoms with Gasteiger partial charge in [0.2, 0.25) is 0 Å². The molecule has 0 aliphatic rings. The van der Waals surface area contributed by atoms with Gasteiger partial charge in [-0.2, -0.15) is 0 Å². The van der Waals surface area contributed by atoms with E-state index in [9.17, 15) is 4.79 Å². The van der Waals surface area contributed by atoms with Crippen molar-refractivity contribution in [1.82, 2.24) is 4.90 Å². The second-order valence-corrected chi connectivity index (χ2v) is 1.91. The number of hydrogen-bond acceptors (Lipinski definition) is 3. The molecule has 0 unspecified atom stereocenters. The third kappa shape index (κ3) is 2.16. The molecular formula is C6H11NO3. The zero-order valence-corrected chi connectivity index (χ0v) is 5.87. The molecule has 0 aromatic rings. The summed E-state index contributed by atoms with van der Waals surface area (Å²) in [6.07, 6.45) is 0. The Labute approximate surface area is 59.4 Å². The number of amides is 1. The number of likely N-dealkylation sites (N-methyl/N-ethyl adjacent to an activating group) is 1. The SMILES string of the molecule is C=C(CO)C(=O)N(C)CO. The third-order valence-corrected chi connectivity index (χ3v) is 1.05. The first kappa shape index (κ1) is 9.13. The average molecular weight is 145 g/mol. The Morgan fingerprint density at radius 2 is 2.10 bits per heavy atom. The molecule has 0 aliphatic carbocycles. The number of aliphatic hydroxyl groups is 2. The lowest BCUT2D eigenvalue weighted by Crippen LogP contribution is -2.29.